The average molecular weight is 489 g/mol. The van der Waals surface area contributed by atoms with Crippen molar-refractivity contribution in [2.75, 3.05) is 41.3 Å². The molecule has 0 atom stereocenters. The highest BCUT2D eigenvalue weighted by Gasteiger charge is 2.49. The van der Waals surface area contributed by atoms with Crippen molar-refractivity contribution in [2.24, 2.45) is 5.41 Å². The predicted molar refractivity (Wildman–Crippen MR) is 112 cm³/mol. The van der Waals surface area contributed by atoms with Crippen LogP contribution in [-0.4, -0.2) is 59.7 Å². The molecular weight excluding hydrogens is 469 g/mol. The van der Waals surface area contributed by atoms with Crippen LogP contribution < -0.4 is 15.1 Å². The number of carbonyl (C=O) groups excluding carboxylic acids is 1. The minimum Gasteiger partial charge on any atom is -0.362 e. The van der Waals surface area contributed by atoms with E-state index >= 15 is 0 Å². The predicted octanol–water partition coefficient (Wildman–Crippen LogP) is 3.65. The lowest BCUT2D eigenvalue weighted by Crippen LogP contribution is -2.45. The van der Waals surface area contributed by atoms with E-state index in [4.69, 9.17) is 5.41 Å². The molecule has 0 unspecified atom stereocenters. The van der Waals surface area contributed by atoms with Gasteiger partial charge in [0.1, 0.15) is 16.5 Å². The minimum absolute atomic E-state index is 0.0804. The summed E-state index contributed by atoms with van der Waals surface area (Å²) < 4.78 is 63.7. The minimum atomic E-state index is -4.55. The van der Waals surface area contributed by atoms with E-state index in [0.29, 0.717) is 56.1 Å². The van der Waals surface area contributed by atoms with Gasteiger partial charge in [-0.2, -0.15) is 13.2 Å². The molecule has 2 aromatic rings. The Kier molecular flexibility index (Phi) is 6.20. The van der Waals surface area contributed by atoms with Gasteiger partial charge >= 0.3 is 6.18 Å². The third kappa shape index (κ3) is 4.61. The van der Waals surface area contributed by atoms with Gasteiger partial charge in [-0.3, -0.25) is 4.79 Å². The van der Waals surface area contributed by atoms with Crippen LogP contribution in [0.1, 0.15) is 30.0 Å². The molecule has 0 aromatic carbocycles. The maximum absolute atomic E-state index is 13.1. The zero-order valence-electron chi connectivity index (χ0n) is 17.2. The summed E-state index contributed by atoms with van der Waals surface area (Å²) in [7, 11) is 0. The molecule has 2 fully saturated rings. The highest BCUT2D eigenvalue weighted by molar-refractivity contribution is 7.16. The molecule has 2 N–H and O–H groups in total. The standard InChI is InChI=1S/C19H20F5N7OS/c20-12(21)8-27-15-11(7-25)26-9-13(29-15)30-4-1-18(2-5-30)3-6-31(17(18)32)14-10-28-16(33-14)19(22,23)24/h7,9-10,12,25H,1-6,8H2,(H,27,29). The average Bonchev–Trinajstić information content (AvgIpc) is 3.39. The van der Waals surface area contributed by atoms with Crippen LogP contribution in [0.25, 0.3) is 0 Å². The maximum Gasteiger partial charge on any atom is 0.443 e. The number of amides is 1. The topological polar surface area (TPSA) is 98.1 Å². The van der Waals surface area contributed by atoms with Gasteiger partial charge in [-0.05, 0) is 19.3 Å². The number of nitrogens with one attached hydrogen (secondary N) is 2. The van der Waals surface area contributed by atoms with Gasteiger partial charge in [0.05, 0.1) is 24.4 Å². The van der Waals surface area contributed by atoms with Crippen LogP contribution in [-0.2, 0) is 11.0 Å². The van der Waals surface area contributed by atoms with E-state index in [1.165, 1.54) is 11.1 Å². The van der Waals surface area contributed by atoms with Crippen LogP contribution in [0.5, 0.6) is 0 Å². The summed E-state index contributed by atoms with van der Waals surface area (Å²) >= 11 is 0.459. The molecular formula is C19H20F5N7OS. The molecule has 2 aromatic heterocycles. The first kappa shape index (κ1) is 23.3. The van der Waals surface area contributed by atoms with E-state index in [2.05, 4.69) is 20.3 Å². The number of rotatable bonds is 6. The van der Waals surface area contributed by atoms with Crippen LogP contribution in [0.4, 0.5) is 38.6 Å². The Hall–Kier alpha value is -2.90. The fourth-order valence-electron chi connectivity index (χ4n) is 4.13. The Morgan fingerprint density at radius 3 is 2.48 bits per heavy atom. The molecule has 1 amide bonds. The first-order valence-corrected chi connectivity index (χ1v) is 10.9. The van der Waals surface area contributed by atoms with Crippen molar-refractivity contribution in [3.8, 4) is 0 Å². The van der Waals surface area contributed by atoms with Crippen LogP contribution in [0.15, 0.2) is 12.4 Å². The molecule has 4 heterocycles. The first-order chi connectivity index (χ1) is 15.6. The summed E-state index contributed by atoms with van der Waals surface area (Å²) in [6.45, 7) is 0.597. The molecule has 0 aliphatic carbocycles. The molecule has 0 saturated carbocycles. The second-order valence-electron chi connectivity index (χ2n) is 7.85. The van der Waals surface area contributed by atoms with Gasteiger partial charge in [0, 0.05) is 25.8 Å². The summed E-state index contributed by atoms with van der Waals surface area (Å²) in [4.78, 5) is 28.2. The lowest BCUT2D eigenvalue weighted by molar-refractivity contribution is -0.137. The molecule has 8 nitrogen and oxygen atoms in total. The van der Waals surface area contributed by atoms with Gasteiger partial charge < -0.3 is 20.5 Å². The Labute approximate surface area is 189 Å². The number of nitrogens with zero attached hydrogens (tertiary/aromatic N) is 5. The van der Waals surface area contributed by atoms with Crippen molar-refractivity contribution < 1.29 is 26.7 Å². The van der Waals surface area contributed by atoms with E-state index in [1.807, 2.05) is 4.90 Å². The van der Waals surface area contributed by atoms with E-state index in [0.717, 1.165) is 12.4 Å². The Balaban J connectivity index is 1.44. The number of thiazole rings is 1. The Bertz CT molecular complexity index is 1040. The van der Waals surface area contributed by atoms with Crippen LogP contribution in [0, 0.1) is 10.8 Å². The van der Waals surface area contributed by atoms with Gasteiger partial charge in [-0.25, -0.2) is 23.7 Å². The Morgan fingerprint density at radius 1 is 1.18 bits per heavy atom. The summed E-state index contributed by atoms with van der Waals surface area (Å²) in [6.07, 6.45) is -2.21. The number of halogens is 5. The fraction of sp³-hybridized carbons (Fsp3) is 0.526. The quantitative estimate of drug-likeness (QED) is 0.475. The zero-order chi connectivity index (χ0) is 23.8. The van der Waals surface area contributed by atoms with Crippen LogP contribution >= 0.6 is 11.3 Å². The molecule has 1 spiro atoms. The number of carbonyl (C=O) groups is 1. The largest absolute Gasteiger partial charge is 0.443 e. The van der Waals surface area contributed by atoms with E-state index in [1.54, 1.807) is 0 Å². The third-order valence-corrected chi connectivity index (χ3v) is 6.97. The second-order valence-corrected chi connectivity index (χ2v) is 8.86. The molecule has 0 bridgehead atoms. The first-order valence-electron chi connectivity index (χ1n) is 10.1. The number of hydrogen-bond acceptors (Lipinski definition) is 8. The third-order valence-electron chi connectivity index (χ3n) is 5.91. The van der Waals surface area contributed by atoms with Gasteiger partial charge in [0.15, 0.2) is 10.8 Å². The molecule has 0 radical (unpaired) electrons. The number of alkyl halides is 5. The van der Waals surface area contributed by atoms with Crippen LogP contribution in [0.3, 0.4) is 0 Å². The number of hydrogen-bond donors (Lipinski definition) is 2. The van der Waals surface area contributed by atoms with E-state index < -0.39 is 29.6 Å². The highest BCUT2D eigenvalue weighted by Crippen LogP contribution is 2.45. The smallest absolute Gasteiger partial charge is 0.362 e. The van der Waals surface area contributed by atoms with Crippen molar-refractivity contribution >= 4 is 40.1 Å². The van der Waals surface area contributed by atoms with E-state index in [9.17, 15) is 26.7 Å². The summed E-state index contributed by atoms with van der Waals surface area (Å²) in [5.41, 5.74) is -0.532. The number of aromatic nitrogens is 3. The van der Waals surface area contributed by atoms with Crippen molar-refractivity contribution in [2.45, 2.75) is 31.9 Å². The monoisotopic (exact) mass is 489 g/mol. The van der Waals surface area contributed by atoms with Crippen molar-refractivity contribution in [3.05, 3.63) is 23.1 Å². The van der Waals surface area contributed by atoms with Gasteiger partial charge in [-0.15, -0.1) is 0 Å². The molecule has 14 heteroatoms. The molecule has 4 rings (SSSR count). The number of anilines is 3. The normalized spacial score (nSPS) is 18.4. The van der Waals surface area contributed by atoms with Gasteiger partial charge in [0.25, 0.3) is 6.43 Å². The van der Waals surface area contributed by atoms with Crippen molar-refractivity contribution in [3.63, 3.8) is 0 Å². The lowest BCUT2D eigenvalue weighted by atomic mass is 9.77. The second kappa shape index (κ2) is 8.80. The van der Waals surface area contributed by atoms with Crippen molar-refractivity contribution in [1.29, 1.82) is 5.41 Å². The lowest BCUT2D eigenvalue weighted by Gasteiger charge is -2.38. The summed E-state index contributed by atoms with van der Waals surface area (Å²) in [5.74, 6) is 0.313. The molecule has 2 saturated heterocycles. The molecule has 2 aliphatic heterocycles. The summed E-state index contributed by atoms with van der Waals surface area (Å²) in [5, 5.41) is 9.06. The van der Waals surface area contributed by atoms with E-state index in [-0.39, 0.29) is 22.4 Å². The fourth-order valence-corrected chi connectivity index (χ4v) is 4.94. The zero-order valence-corrected chi connectivity index (χ0v) is 18.0. The molecule has 2 aliphatic rings. The van der Waals surface area contributed by atoms with Gasteiger partial charge in [0.2, 0.25) is 5.91 Å². The summed E-state index contributed by atoms with van der Waals surface area (Å²) in [6, 6.07) is 0. The maximum atomic E-state index is 13.1. The van der Waals surface area contributed by atoms with Crippen molar-refractivity contribution in [1.82, 2.24) is 15.0 Å². The molecule has 178 valence electrons. The Morgan fingerprint density at radius 2 is 1.88 bits per heavy atom. The highest BCUT2D eigenvalue weighted by atomic mass is 32.1. The van der Waals surface area contributed by atoms with Gasteiger partial charge in [-0.1, -0.05) is 11.3 Å². The SMILES string of the molecule is N=Cc1ncc(N2CCC3(CC2)CCN(c2cnc(C(F)(F)F)s2)C3=O)nc1NCC(F)F. The molecule has 33 heavy (non-hydrogen) atoms. The van der Waals surface area contributed by atoms with Crippen LogP contribution in [0.2, 0.25) is 0 Å². The number of piperidine rings is 1.